The van der Waals surface area contributed by atoms with Crippen LogP contribution in [-0.2, 0) is 17.5 Å². The number of ether oxygens (including phenoxy) is 2. The van der Waals surface area contributed by atoms with Gasteiger partial charge in [0.2, 0.25) is 0 Å². The molecule has 0 radical (unpaired) electrons. The second-order valence-electron chi connectivity index (χ2n) is 8.04. The summed E-state index contributed by atoms with van der Waals surface area (Å²) < 4.78 is 53.8. The van der Waals surface area contributed by atoms with E-state index in [2.05, 4.69) is 5.10 Å². The van der Waals surface area contributed by atoms with Crippen molar-refractivity contribution in [2.45, 2.75) is 38.6 Å². The van der Waals surface area contributed by atoms with E-state index in [1.165, 1.54) is 12.1 Å². The Labute approximate surface area is 187 Å². The minimum absolute atomic E-state index is 0.0184. The number of pyridine rings is 1. The molecule has 1 atom stereocenters. The van der Waals surface area contributed by atoms with Crippen LogP contribution in [0.5, 0.6) is 5.75 Å². The molecule has 2 aromatic heterocycles. The van der Waals surface area contributed by atoms with Crippen molar-refractivity contribution < 1.29 is 22.6 Å². The molecule has 0 bridgehead atoms. The Hall–Kier alpha value is -3.58. The van der Waals surface area contributed by atoms with Gasteiger partial charge < -0.3 is 14.5 Å². The van der Waals surface area contributed by atoms with E-state index in [1.54, 1.807) is 23.2 Å². The normalized spacial score (nSPS) is 15.8. The maximum Gasteiger partial charge on any atom is 0.431 e. The van der Waals surface area contributed by atoms with Crippen molar-refractivity contribution in [3.63, 3.8) is 0 Å². The molecule has 0 amide bonds. The van der Waals surface area contributed by atoms with Crippen LogP contribution in [0.4, 0.5) is 13.2 Å². The van der Waals surface area contributed by atoms with Gasteiger partial charge in [-0.3, -0.25) is 9.48 Å². The number of nitrogens with one attached hydrogen (secondary N) is 1. The van der Waals surface area contributed by atoms with Crippen LogP contribution in [0.25, 0.3) is 11.1 Å². The number of aromatic amines is 1. The van der Waals surface area contributed by atoms with E-state index in [0.717, 1.165) is 17.3 Å². The van der Waals surface area contributed by atoms with E-state index in [9.17, 15) is 18.0 Å². The number of alkyl halides is 3. The van der Waals surface area contributed by atoms with Crippen molar-refractivity contribution in [3.05, 3.63) is 69.4 Å². The van der Waals surface area contributed by atoms with Gasteiger partial charge in [0.25, 0.3) is 5.56 Å². The van der Waals surface area contributed by atoms with E-state index < -0.39 is 23.0 Å². The third-order valence-electron chi connectivity index (χ3n) is 5.48. The highest BCUT2D eigenvalue weighted by atomic mass is 19.4. The molecule has 3 heterocycles. The zero-order valence-electron chi connectivity index (χ0n) is 17.9. The summed E-state index contributed by atoms with van der Waals surface area (Å²) >= 11 is 0. The highest BCUT2D eigenvalue weighted by molar-refractivity contribution is 5.68. The molecule has 1 aliphatic rings. The lowest BCUT2D eigenvalue weighted by molar-refractivity contribution is -0.140. The molecule has 4 rings (SSSR count). The van der Waals surface area contributed by atoms with Crippen LogP contribution in [0.3, 0.4) is 0 Å². The van der Waals surface area contributed by atoms with Gasteiger partial charge in [-0.05, 0) is 37.6 Å². The van der Waals surface area contributed by atoms with Crippen LogP contribution in [0, 0.1) is 11.3 Å². The predicted molar refractivity (Wildman–Crippen MR) is 113 cm³/mol. The largest absolute Gasteiger partial charge is 0.493 e. The number of fused-ring (bicyclic) bond motifs is 1. The number of rotatable bonds is 5. The lowest BCUT2D eigenvalue weighted by atomic mass is 9.99. The Morgan fingerprint density at radius 1 is 1.33 bits per heavy atom. The summed E-state index contributed by atoms with van der Waals surface area (Å²) in [6, 6.07) is 8.79. The van der Waals surface area contributed by atoms with Gasteiger partial charge >= 0.3 is 6.18 Å². The molecule has 7 nitrogen and oxygen atoms in total. The van der Waals surface area contributed by atoms with Crippen molar-refractivity contribution in [2.24, 2.45) is 0 Å². The summed E-state index contributed by atoms with van der Waals surface area (Å²) in [5, 5.41) is 13.5. The average Bonchev–Trinajstić information content (AvgIpc) is 3.22. The Morgan fingerprint density at radius 3 is 2.70 bits per heavy atom. The first-order chi connectivity index (χ1) is 15.7. The summed E-state index contributed by atoms with van der Waals surface area (Å²) in [5.41, 5.74) is -0.670. The maximum absolute atomic E-state index is 13.4. The van der Waals surface area contributed by atoms with Crippen molar-refractivity contribution in [2.75, 3.05) is 13.2 Å². The van der Waals surface area contributed by atoms with Gasteiger partial charge in [-0.2, -0.15) is 23.5 Å². The van der Waals surface area contributed by atoms with Crippen molar-refractivity contribution >= 4 is 0 Å². The summed E-state index contributed by atoms with van der Waals surface area (Å²) in [7, 11) is 0. The zero-order chi connectivity index (χ0) is 23.8. The Bertz CT molecular complexity index is 1250. The number of nitrogens with zero attached hydrogens (tertiary/aromatic N) is 3. The molecule has 172 valence electrons. The summed E-state index contributed by atoms with van der Waals surface area (Å²) in [4.78, 5) is 13.5. The first-order valence-electron chi connectivity index (χ1n) is 10.3. The SMILES string of the molecule is CC(C)n1ncc2c1COCC2COc1ccc(-c2cc(C#N)c(=O)[nH]c2C(F)(F)F)cc1. The second kappa shape index (κ2) is 8.75. The summed E-state index contributed by atoms with van der Waals surface area (Å²) in [6.07, 6.45) is -2.95. The minimum atomic E-state index is -4.78. The van der Waals surface area contributed by atoms with Gasteiger partial charge in [0, 0.05) is 23.1 Å². The maximum atomic E-state index is 13.4. The highest BCUT2D eigenvalue weighted by Crippen LogP contribution is 2.36. The number of halogens is 3. The Balaban J connectivity index is 1.54. The van der Waals surface area contributed by atoms with E-state index >= 15 is 0 Å². The van der Waals surface area contributed by atoms with E-state index in [0.29, 0.717) is 25.6 Å². The Morgan fingerprint density at radius 2 is 2.06 bits per heavy atom. The molecule has 0 fully saturated rings. The van der Waals surface area contributed by atoms with Gasteiger partial charge in [-0.25, -0.2) is 0 Å². The first-order valence-corrected chi connectivity index (χ1v) is 10.3. The number of hydrogen-bond donors (Lipinski definition) is 1. The van der Waals surface area contributed by atoms with E-state index in [4.69, 9.17) is 14.7 Å². The minimum Gasteiger partial charge on any atom is -0.493 e. The quantitative estimate of drug-likeness (QED) is 0.612. The third-order valence-corrected chi connectivity index (χ3v) is 5.48. The molecular weight excluding hydrogens is 437 g/mol. The lowest BCUT2D eigenvalue weighted by Crippen LogP contribution is -2.23. The van der Waals surface area contributed by atoms with Crippen LogP contribution >= 0.6 is 0 Å². The van der Waals surface area contributed by atoms with Crippen molar-refractivity contribution in [3.8, 4) is 22.9 Å². The molecule has 33 heavy (non-hydrogen) atoms. The van der Waals surface area contributed by atoms with Gasteiger partial charge in [0.05, 0.1) is 31.7 Å². The summed E-state index contributed by atoms with van der Waals surface area (Å²) in [5.74, 6) is 0.454. The first kappa shape index (κ1) is 22.6. The van der Waals surface area contributed by atoms with E-state index in [1.807, 2.05) is 24.7 Å². The van der Waals surface area contributed by atoms with Crippen molar-refractivity contribution in [1.82, 2.24) is 14.8 Å². The monoisotopic (exact) mass is 458 g/mol. The van der Waals surface area contributed by atoms with Crippen LogP contribution in [0.15, 0.2) is 41.3 Å². The van der Waals surface area contributed by atoms with Crippen LogP contribution in [0.1, 0.15) is 48.3 Å². The molecule has 0 spiro atoms. The number of benzene rings is 1. The molecular formula is C23H21F3N4O3. The van der Waals surface area contributed by atoms with E-state index in [-0.39, 0.29) is 23.1 Å². The average molecular weight is 458 g/mol. The topological polar surface area (TPSA) is 92.9 Å². The van der Waals surface area contributed by atoms with Gasteiger partial charge in [-0.15, -0.1) is 0 Å². The van der Waals surface area contributed by atoms with Gasteiger partial charge in [0.1, 0.15) is 23.1 Å². The van der Waals surface area contributed by atoms with Crippen LogP contribution in [0.2, 0.25) is 0 Å². The number of hydrogen-bond acceptors (Lipinski definition) is 5. The number of nitriles is 1. The fourth-order valence-electron chi connectivity index (χ4n) is 3.85. The zero-order valence-corrected chi connectivity index (χ0v) is 17.9. The number of aromatic nitrogens is 3. The molecule has 0 saturated carbocycles. The van der Waals surface area contributed by atoms with Crippen LogP contribution in [-0.4, -0.2) is 28.0 Å². The fourth-order valence-corrected chi connectivity index (χ4v) is 3.85. The molecule has 10 heteroatoms. The van der Waals surface area contributed by atoms with Gasteiger partial charge in [0.15, 0.2) is 0 Å². The fraction of sp³-hybridized carbons (Fsp3) is 0.348. The molecule has 0 aliphatic carbocycles. The third kappa shape index (κ3) is 4.50. The number of H-pyrrole nitrogens is 1. The smallest absolute Gasteiger partial charge is 0.431 e. The predicted octanol–water partition coefficient (Wildman–Crippen LogP) is 4.40. The Kier molecular flexibility index (Phi) is 5.99. The van der Waals surface area contributed by atoms with Crippen LogP contribution < -0.4 is 10.3 Å². The molecule has 1 aromatic carbocycles. The molecule has 0 saturated heterocycles. The second-order valence-corrected chi connectivity index (χ2v) is 8.04. The molecule has 1 aliphatic heterocycles. The van der Waals surface area contributed by atoms with Crippen molar-refractivity contribution in [1.29, 1.82) is 5.26 Å². The lowest BCUT2D eigenvalue weighted by Gasteiger charge is -2.24. The van der Waals surface area contributed by atoms with Gasteiger partial charge in [-0.1, -0.05) is 12.1 Å². The summed E-state index contributed by atoms with van der Waals surface area (Å²) in [6.45, 7) is 5.38. The standard InChI is InChI=1S/C23H21F3N4O3/c1-13(2)30-20-12-32-10-16(19(20)9-28-30)11-33-17-5-3-14(4-6-17)18-7-15(8-27)22(31)29-21(18)23(24,25)26/h3-7,9,13,16H,10-12H2,1-2H3,(H,29,31). The molecule has 1 N–H and O–H groups in total. The molecule has 1 unspecified atom stereocenters. The highest BCUT2D eigenvalue weighted by Gasteiger charge is 2.35. The molecule has 3 aromatic rings.